The summed E-state index contributed by atoms with van der Waals surface area (Å²) < 4.78 is 28.4. The van der Waals surface area contributed by atoms with Crippen LogP contribution in [0.3, 0.4) is 0 Å². The van der Waals surface area contributed by atoms with Crippen molar-refractivity contribution in [3.8, 4) is 6.07 Å². The first kappa shape index (κ1) is 13.5. The van der Waals surface area contributed by atoms with Gasteiger partial charge in [-0.15, -0.1) is 0 Å². The molecule has 0 fully saturated rings. The molecule has 0 amide bonds. The Morgan fingerprint density at radius 3 is 2.63 bits per heavy atom. The van der Waals surface area contributed by atoms with E-state index in [1.807, 2.05) is 0 Å². The Bertz CT molecular complexity index is 638. The third-order valence-corrected chi connectivity index (χ3v) is 2.91. The molecule has 0 spiro atoms. The minimum Gasteiger partial charge on any atom is -0.327 e. The third kappa shape index (κ3) is 2.73. The fourth-order valence-corrected chi connectivity index (χ4v) is 2.10. The van der Waals surface area contributed by atoms with Crippen molar-refractivity contribution in [2.75, 3.05) is 0 Å². The number of halogens is 2. The summed E-state index contributed by atoms with van der Waals surface area (Å²) in [5.74, 6) is -0.632. The van der Waals surface area contributed by atoms with Crippen molar-refractivity contribution in [2.45, 2.75) is 33.2 Å². The van der Waals surface area contributed by atoms with E-state index in [0.717, 1.165) is 18.0 Å². The highest BCUT2D eigenvalue weighted by Crippen LogP contribution is 2.22. The summed E-state index contributed by atoms with van der Waals surface area (Å²) in [4.78, 5) is 4.35. The molecule has 0 bridgehead atoms. The van der Waals surface area contributed by atoms with Crippen LogP contribution in [0.15, 0.2) is 12.1 Å². The van der Waals surface area contributed by atoms with E-state index in [1.165, 1.54) is 0 Å². The van der Waals surface area contributed by atoms with E-state index in [9.17, 15) is 8.78 Å². The van der Waals surface area contributed by atoms with Crippen LogP contribution in [0.25, 0.3) is 11.0 Å². The molecule has 100 valence electrons. The van der Waals surface area contributed by atoms with Gasteiger partial charge in [-0.05, 0) is 5.92 Å². The van der Waals surface area contributed by atoms with Crippen molar-refractivity contribution in [2.24, 2.45) is 5.92 Å². The highest BCUT2D eigenvalue weighted by atomic mass is 19.2. The van der Waals surface area contributed by atoms with Crippen LogP contribution < -0.4 is 0 Å². The molecule has 0 aliphatic carbocycles. The number of imidazole rings is 1. The maximum Gasteiger partial charge on any atom is 0.161 e. The molecule has 2 aromatic rings. The second-order valence-electron chi connectivity index (χ2n) is 4.94. The molecule has 0 saturated carbocycles. The molecule has 0 unspecified atom stereocenters. The molecule has 0 saturated heterocycles. The van der Waals surface area contributed by atoms with Crippen molar-refractivity contribution in [3.63, 3.8) is 0 Å². The van der Waals surface area contributed by atoms with E-state index >= 15 is 0 Å². The highest BCUT2D eigenvalue weighted by molar-refractivity contribution is 5.76. The van der Waals surface area contributed by atoms with Crippen LogP contribution in [0, 0.1) is 28.9 Å². The van der Waals surface area contributed by atoms with Gasteiger partial charge in [-0.1, -0.05) is 13.8 Å². The molecule has 0 aliphatic rings. The Labute approximate surface area is 110 Å². The molecule has 1 aromatic carbocycles. The maximum absolute atomic E-state index is 13.3. The lowest BCUT2D eigenvalue weighted by molar-refractivity contribution is 0.510. The highest BCUT2D eigenvalue weighted by Gasteiger charge is 2.14. The van der Waals surface area contributed by atoms with Crippen molar-refractivity contribution in [1.82, 2.24) is 9.55 Å². The fraction of sp³-hybridized carbons (Fsp3) is 0.429. The average molecular weight is 263 g/mol. The number of hydrogen-bond donors (Lipinski definition) is 0. The van der Waals surface area contributed by atoms with Crippen LogP contribution in [-0.4, -0.2) is 9.55 Å². The van der Waals surface area contributed by atoms with E-state index < -0.39 is 11.6 Å². The standard InChI is InChI=1S/C14H15F2N3/c1-9(2)6-14-18-12-7-10(15)11(16)8-13(12)19(14)5-3-4-17/h7-9H,3,5-6H2,1-2H3. The Morgan fingerprint density at radius 1 is 1.32 bits per heavy atom. The normalized spacial score (nSPS) is 11.2. The summed E-state index contributed by atoms with van der Waals surface area (Å²) in [6.07, 6.45) is 1.03. The zero-order valence-corrected chi connectivity index (χ0v) is 11.0. The average Bonchev–Trinajstić information content (AvgIpc) is 2.63. The van der Waals surface area contributed by atoms with Gasteiger partial charge in [0.05, 0.1) is 23.5 Å². The quantitative estimate of drug-likeness (QED) is 0.848. The molecule has 0 atom stereocenters. The number of fused-ring (bicyclic) bond motifs is 1. The van der Waals surface area contributed by atoms with Gasteiger partial charge in [-0.25, -0.2) is 13.8 Å². The van der Waals surface area contributed by atoms with Crippen molar-refractivity contribution in [1.29, 1.82) is 5.26 Å². The number of rotatable bonds is 4. The van der Waals surface area contributed by atoms with E-state index in [4.69, 9.17) is 5.26 Å². The molecule has 0 N–H and O–H groups in total. The molecular weight excluding hydrogens is 248 g/mol. The van der Waals surface area contributed by atoms with E-state index in [-0.39, 0.29) is 0 Å². The Hall–Kier alpha value is -1.96. The largest absolute Gasteiger partial charge is 0.327 e. The smallest absolute Gasteiger partial charge is 0.161 e. The molecule has 5 heteroatoms. The van der Waals surface area contributed by atoms with E-state index in [1.54, 1.807) is 4.57 Å². The lowest BCUT2D eigenvalue weighted by atomic mass is 10.1. The van der Waals surface area contributed by atoms with Crippen molar-refractivity contribution >= 4 is 11.0 Å². The number of hydrogen-bond acceptors (Lipinski definition) is 2. The van der Waals surface area contributed by atoms with Crippen LogP contribution in [-0.2, 0) is 13.0 Å². The molecule has 1 heterocycles. The summed E-state index contributed by atoms with van der Waals surface area (Å²) in [5.41, 5.74) is 0.984. The monoisotopic (exact) mass is 263 g/mol. The van der Waals surface area contributed by atoms with Gasteiger partial charge in [-0.2, -0.15) is 5.26 Å². The number of nitrogens with zero attached hydrogens (tertiary/aromatic N) is 3. The summed E-state index contributed by atoms with van der Waals surface area (Å²) in [6, 6.07) is 4.32. The number of aromatic nitrogens is 2. The topological polar surface area (TPSA) is 41.6 Å². The lowest BCUT2D eigenvalue weighted by Crippen LogP contribution is -2.07. The second kappa shape index (κ2) is 5.35. The summed E-state index contributed by atoms with van der Waals surface area (Å²) >= 11 is 0. The zero-order chi connectivity index (χ0) is 14.0. The fourth-order valence-electron chi connectivity index (χ4n) is 2.10. The van der Waals surface area contributed by atoms with Crippen LogP contribution in [0.5, 0.6) is 0 Å². The molecule has 19 heavy (non-hydrogen) atoms. The van der Waals surface area contributed by atoms with Gasteiger partial charge in [0.25, 0.3) is 0 Å². The molecule has 3 nitrogen and oxygen atoms in total. The molecule has 0 aliphatic heterocycles. The Kier molecular flexibility index (Phi) is 3.79. The van der Waals surface area contributed by atoms with Crippen molar-refractivity contribution in [3.05, 3.63) is 29.6 Å². The second-order valence-corrected chi connectivity index (χ2v) is 4.94. The van der Waals surface area contributed by atoms with E-state index in [2.05, 4.69) is 24.9 Å². The van der Waals surface area contributed by atoms with Gasteiger partial charge in [0.2, 0.25) is 0 Å². The van der Waals surface area contributed by atoms with Gasteiger partial charge in [0.1, 0.15) is 5.82 Å². The van der Waals surface area contributed by atoms with Gasteiger partial charge in [0.15, 0.2) is 11.6 Å². The molecule has 2 rings (SSSR count). The molecule has 1 aromatic heterocycles. The summed E-state index contributed by atoms with van der Waals surface area (Å²) in [6.45, 7) is 4.55. The predicted octanol–water partition coefficient (Wildman–Crippen LogP) is 3.43. The third-order valence-electron chi connectivity index (χ3n) is 2.91. The van der Waals surface area contributed by atoms with Gasteiger partial charge in [0, 0.05) is 25.1 Å². The Balaban J connectivity index is 2.56. The maximum atomic E-state index is 13.3. The number of benzene rings is 1. The first-order valence-corrected chi connectivity index (χ1v) is 6.24. The van der Waals surface area contributed by atoms with Crippen LogP contribution in [0.4, 0.5) is 8.78 Å². The van der Waals surface area contributed by atoms with Gasteiger partial charge < -0.3 is 4.57 Å². The molecule has 0 radical (unpaired) electrons. The lowest BCUT2D eigenvalue weighted by Gasteiger charge is -2.08. The first-order chi connectivity index (χ1) is 9.02. The minimum absolute atomic E-state index is 0.315. The summed E-state index contributed by atoms with van der Waals surface area (Å²) in [7, 11) is 0. The van der Waals surface area contributed by atoms with Crippen LogP contribution >= 0.6 is 0 Å². The first-order valence-electron chi connectivity index (χ1n) is 6.24. The SMILES string of the molecule is CC(C)Cc1nc2cc(F)c(F)cc2n1CCC#N. The predicted molar refractivity (Wildman–Crippen MR) is 68.4 cm³/mol. The number of nitriles is 1. The molecular formula is C14H15F2N3. The van der Waals surface area contributed by atoms with Crippen LogP contribution in [0.2, 0.25) is 0 Å². The van der Waals surface area contributed by atoms with Crippen LogP contribution in [0.1, 0.15) is 26.1 Å². The van der Waals surface area contributed by atoms with Gasteiger partial charge in [-0.3, -0.25) is 0 Å². The van der Waals surface area contributed by atoms with E-state index in [0.29, 0.717) is 36.3 Å². The van der Waals surface area contributed by atoms with Gasteiger partial charge >= 0.3 is 0 Å². The number of aryl methyl sites for hydroxylation is 1. The minimum atomic E-state index is -0.895. The summed E-state index contributed by atoms with van der Waals surface area (Å²) in [5, 5.41) is 8.69. The zero-order valence-electron chi connectivity index (χ0n) is 11.0. The van der Waals surface area contributed by atoms with Crippen molar-refractivity contribution < 1.29 is 8.78 Å². The Morgan fingerprint density at radius 2 is 2.00 bits per heavy atom.